The van der Waals surface area contributed by atoms with Gasteiger partial charge in [0.25, 0.3) is 5.91 Å². The summed E-state index contributed by atoms with van der Waals surface area (Å²) in [7, 11) is 0. The zero-order valence-corrected chi connectivity index (χ0v) is 15.9. The Balaban J connectivity index is 1.25. The lowest BCUT2D eigenvalue weighted by atomic mass is 10.1. The number of aryl methyl sites for hydroxylation is 1. The largest absolute Gasteiger partial charge is 0.337 e. The number of rotatable bonds is 6. The maximum atomic E-state index is 12.8. The Morgan fingerprint density at radius 3 is 2.52 bits per heavy atom. The number of amides is 1. The predicted molar refractivity (Wildman–Crippen MR) is 106 cm³/mol. The molecule has 2 aromatic rings. The van der Waals surface area contributed by atoms with Crippen LogP contribution in [0.4, 0.5) is 0 Å². The van der Waals surface area contributed by atoms with Crippen LogP contribution in [0.2, 0.25) is 0 Å². The Kier molecular flexibility index (Phi) is 5.78. The third-order valence-corrected chi connectivity index (χ3v) is 5.52. The van der Waals surface area contributed by atoms with Crippen molar-refractivity contribution in [3.63, 3.8) is 0 Å². The molecule has 0 radical (unpaired) electrons. The summed E-state index contributed by atoms with van der Waals surface area (Å²) in [6.45, 7) is 4.71. The van der Waals surface area contributed by atoms with Gasteiger partial charge in [0.05, 0.1) is 5.56 Å². The van der Waals surface area contributed by atoms with E-state index >= 15 is 0 Å². The van der Waals surface area contributed by atoms with Gasteiger partial charge in [0.2, 0.25) is 0 Å². The molecule has 1 amide bonds. The Morgan fingerprint density at radius 2 is 1.78 bits per heavy atom. The van der Waals surface area contributed by atoms with E-state index in [1.54, 1.807) is 12.4 Å². The van der Waals surface area contributed by atoms with Crippen LogP contribution in [0.3, 0.4) is 0 Å². The molecule has 1 aliphatic heterocycles. The van der Waals surface area contributed by atoms with E-state index in [-0.39, 0.29) is 5.91 Å². The van der Waals surface area contributed by atoms with E-state index in [0.717, 1.165) is 57.8 Å². The smallest absolute Gasteiger partial charge is 0.257 e. The van der Waals surface area contributed by atoms with Crippen molar-refractivity contribution in [3.8, 4) is 0 Å². The molecular weight excluding hydrogens is 336 g/mol. The second-order valence-electron chi connectivity index (χ2n) is 7.68. The number of aromatic nitrogens is 2. The third kappa shape index (κ3) is 4.92. The van der Waals surface area contributed by atoms with Gasteiger partial charge in [-0.25, -0.2) is 9.97 Å². The second kappa shape index (κ2) is 8.61. The minimum atomic E-state index is 0.0727. The molecule has 5 heteroatoms. The molecule has 0 atom stereocenters. The number of hydrogen-bond donors (Lipinski definition) is 0. The summed E-state index contributed by atoms with van der Waals surface area (Å²) in [5, 5.41) is 0. The highest BCUT2D eigenvalue weighted by Gasteiger charge is 2.27. The van der Waals surface area contributed by atoms with Gasteiger partial charge in [-0.15, -0.1) is 0 Å². The van der Waals surface area contributed by atoms with E-state index < -0.39 is 0 Å². The summed E-state index contributed by atoms with van der Waals surface area (Å²) < 4.78 is 0. The van der Waals surface area contributed by atoms with E-state index in [1.807, 2.05) is 4.90 Å². The van der Waals surface area contributed by atoms with Crippen LogP contribution in [-0.2, 0) is 6.42 Å². The Labute approximate surface area is 161 Å². The number of nitrogens with zero attached hydrogens (tertiary/aromatic N) is 4. The highest BCUT2D eigenvalue weighted by atomic mass is 16.2. The Hall–Kier alpha value is -2.27. The molecule has 142 valence electrons. The first-order valence-electron chi connectivity index (χ1n) is 10.2. The van der Waals surface area contributed by atoms with E-state index in [4.69, 9.17) is 0 Å². The lowest BCUT2D eigenvalue weighted by Crippen LogP contribution is -2.35. The summed E-state index contributed by atoms with van der Waals surface area (Å²) >= 11 is 0. The summed E-state index contributed by atoms with van der Waals surface area (Å²) in [6, 6.07) is 10.7. The molecule has 1 aliphatic carbocycles. The van der Waals surface area contributed by atoms with Crippen LogP contribution in [0, 0.1) is 0 Å². The number of benzene rings is 1. The van der Waals surface area contributed by atoms with Crippen LogP contribution in [0.15, 0.2) is 42.7 Å². The van der Waals surface area contributed by atoms with Crippen molar-refractivity contribution >= 4 is 5.91 Å². The van der Waals surface area contributed by atoms with E-state index in [1.165, 1.54) is 18.4 Å². The highest BCUT2D eigenvalue weighted by Crippen LogP contribution is 2.37. The second-order valence-corrected chi connectivity index (χ2v) is 7.68. The Morgan fingerprint density at radius 1 is 1.00 bits per heavy atom. The Bertz CT molecular complexity index is 743. The molecule has 4 rings (SSSR count). The monoisotopic (exact) mass is 364 g/mol. The van der Waals surface area contributed by atoms with Crippen LogP contribution in [0.1, 0.15) is 53.3 Å². The van der Waals surface area contributed by atoms with Crippen molar-refractivity contribution < 1.29 is 4.79 Å². The van der Waals surface area contributed by atoms with Crippen molar-refractivity contribution in [2.24, 2.45) is 0 Å². The number of carbonyl (C=O) groups excluding carboxylic acids is 1. The van der Waals surface area contributed by atoms with E-state index in [2.05, 4.69) is 45.2 Å². The van der Waals surface area contributed by atoms with Gasteiger partial charge in [0.15, 0.2) is 0 Å². The molecule has 2 aliphatic rings. The molecule has 0 spiro atoms. The molecule has 27 heavy (non-hydrogen) atoms. The normalized spacial score (nSPS) is 18.3. The fraction of sp³-hybridized carbons (Fsp3) is 0.500. The van der Waals surface area contributed by atoms with Gasteiger partial charge >= 0.3 is 0 Å². The van der Waals surface area contributed by atoms with Gasteiger partial charge in [0.1, 0.15) is 5.82 Å². The maximum absolute atomic E-state index is 12.8. The average molecular weight is 364 g/mol. The topological polar surface area (TPSA) is 49.3 Å². The van der Waals surface area contributed by atoms with Crippen molar-refractivity contribution in [3.05, 3.63) is 59.7 Å². The van der Waals surface area contributed by atoms with Gasteiger partial charge in [-0.3, -0.25) is 4.79 Å². The van der Waals surface area contributed by atoms with Crippen LogP contribution in [0.25, 0.3) is 0 Å². The van der Waals surface area contributed by atoms with E-state index in [0.29, 0.717) is 11.5 Å². The van der Waals surface area contributed by atoms with Gasteiger partial charge in [-0.1, -0.05) is 30.3 Å². The molecule has 0 N–H and O–H groups in total. The average Bonchev–Trinajstić information content (AvgIpc) is 3.56. The molecule has 1 aromatic heterocycles. The number of hydrogen-bond acceptors (Lipinski definition) is 4. The summed E-state index contributed by atoms with van der Waals surface area (Å²) in [5.74, 6) is 1.49. The first kappa shape index (κ1) is 18.1. The fourth-order valence-corrected chi connectivity index (χ4v) is 3.73. The first-order chi connectivity index (χ1) is 13.3. The van der Waals surface area contributed by atoms with Crippen molar-refractivity contribution in [2.45, 2.75) is 38.0 Å². The van der Waals surface area contributed by atoms with Crippen molar-refractivity contribution in [1.82, 2.24) is 19.8 Å². The third-order valence-electron chi connectivity index (χ3n) is 5.52. The van der Waals surface area contributed by atoms with Crippen LogP contribution in [0.5, 0.6) is 0 Å². The van der Waals surface area contributed by atoms with Gasteiger partial charge in [-0.05, 0) is 50.8 Å². The van der Waals surface area contributed by atoms with Crippen molar-refractivity contribution in [2.75, 3.05) is 32.7 Å². The minimum Gasteiger partial charge on any atom is -0.337 e. The first-order valence-corrected chi connectivity index (χ1v) is 10.2. The quantitative estimate of drug-likeness (QED) is 0.790. The van der Waals surface area contributed by atoms with Gasteiger partial charge in [0, 0.05) is 37.9 Å². The van der Waals surface area contributed by atoms with E-state index in [9.17, 15) is 4.79 Å². The predicted octanol–water partition coefficient (Wildman–Crippen LogP) is 3.13. The summed E-state index contributed by atoms with van der Waals surface area (Å²) in [5.41, 5.74) is 2.02. The fourth-order valence-electron chi connectivity index (χ4n) is 3.73. The molecule has 5 nitrogen and oxygen atoms in total. The minimum absolute atomic E-state index is 0.0727. The molecular formula is C22H28N4O. The summed E-state index contributed by atoms with van der Waals surface area (Å²) in [4.78, 5) is 26.0. The number of carbonyl (C=O) groups is 1. The zero-order valence-electron chi connectivity index (χ0n) is 15.9. The molecule has 0 bridgehead atoms. The molecule has 1 aromatic carbocycles. The zero-order chi connectivity index (χ0) is 18.5. The molecule has 0 unspecified atom stereocenters. The van der Waals surface area contributed by atoms with Gasteiger partial charge < -0.3 is 9.80 Å². The molecule has 1 saturated heterocycles. The van der Waals surface area contributed by atoms with Crippen LogP contribution >= 0.6 is 0 Å². The maximum Gasteiger partial charge on any atom is 0.257 e. The lowest BCUT2D eigenvalue weighted by Gasteiger charge is -2.22. The SMILES string of the molecule is O=C(c1cnc(C2CC2)nc1)N1CCCN(CCCc2ccccc2)CC1. The highest BCUT2D eigenvalue weighted by molar-refractivity contribution is 5.93. The van der Waals surface area contributed by atoms with Gasteiger partial charge in [-0.2, -0.15) is 0 Å². The lowest BCUT2D eigenvalue weighted by molar-refractivity contribution is 0.0760. The van der Waals surface area contributed by atoms with Crippen LogP contribution < -0.4 is 0 Å². The van der Waals surface area contributed by atoms with Crippen molar-refractivity contribution in [1.29, 1.82) is 0 Å². The molecule has 1 saturated carbocycles. The standard InChI is InChI=1S/C22H28N4O/c27-22(20-16-23-21(24-17-20)19-9-10-19)26-13-5-12-25(14-15-26)11-4-8-18-6-2-1-3-7-18/h1-3,6-7,16-17,19H,4-5,8-15H2. The summed E-state index contributed by atoms with van der Waals surface area (Å²) in [6.07, 6.45) is 9.09. The van der Waals surface area contributed by atoms with Crippen LogP contribution in [-0.4, -0.2) is 58.4 Å². The molecule has 2 heterocycles. The molecule has 2 fully saturated rings.